The maximum atomic E-state index is 4.77. The minimum atomic E-state index is 0.675. The molecule has 0 aliphatic carbocycles. The number of nitrogens with zero attached hydrogens (tertiary/aromatic N) is 2. The second kappa shape index (κ2) is 4.21. The van der Waals surface area contributed by atoms with E-state index in [4.69, 9.17) is 4.98 Å². The third-order valence-corrected chi connectivity index (χ3v) is 3.90. The fourth-order valence-corrected chi connectivity index (χ4v) is 2.96. The molecule has 3 rings (SSSR count). The van der Waals surface area contributed by atoms with Gasteiger partial charge in [0.15, 0.2) is 0 Å². The Bertz CT molecular complexity index is 363. The number of aromatic nitrogens is 2. The minimum Gasteiger partial charge on any atom is -0.334 e. The molecule has 0 radical (unpaired) electrons. The first kappa shape index (κ1) is 10.3. The summed E-state index contributed by atoms with van der Waals surface area (Å²) in [7, 11) is 0. The second-order valence-electron chi connectivity index (χ2n) is 5.44. The molecule has 1 saturated heterocycles. The van der Waals surface area contributed by atoms with E-state index in [0.717, 1.165) is 12.3 Å². The van der Waals surface area contributed by atoms with Gasteiger partial charge in [0.1, 0.15) is 5.82 Å². The Kier molecular flexibility index (Phi) is 2.72. The molecule has 88 valence electrons. The summed E-state index contributed by atoms with van der Waals surface area (Å²) in [5, 5.41) is 3.54. The van der Waals surface area contributed by atoms with Crippen LogP contribution in [0.15, 0.2) is 6.20 Å². The highest BCUT2D eigenvalue weighted by molar-refractivity contribution is 5.08. The Morgan fingerprint density at radius 1 is 1.50 bits per heavy atom. The van der Waals surface area contributed by atoms with E-state index in [0.29, 0.717) is 6.04 Å². The van der Waals surface area contributed by atoms with Gasteiger partial charge in [0, 0.05) is 31.6 Å². The van der Waals surface area contributed by atoms with Crippen molar-refractivity contribution in [2.24, 2.45) is 5.92 Å². The zero-order chi connectivity index (χ0) is 11.0. The summed E-state index contributed by atoms with van der Waals surface area (Å²) in [4.78, 5) is 4.77. The molecular weight excluding hydrogens is 198 g/mol. The third-order valence-electron chi connectivity index (χ3n) is 3.90. The predicted molar refractivity (Wildman–Crippen MR) is 64.4 cm³/mol. The molecule has 2 atom stereocenters. The van der Waals surface area contributed by atoms with Crippen LogP contribution in [0.4, 0.5) is 0 Å². The van der Waals surface area contributed by atoms with Crippen LogP contribution in [0.25, 0.3) is 0 Å². The summed E-state index contributed by atoms with van der Waals surface area (Å²) < 4.78 is 2.37. The van der Waals surface area contributed by atoms with Crippen LogP contribution in [-0.2, 0) is 19.4 Å². The Morgan fingerprint density at radius 3 is 3.25 bits per heavy atom. The molecule has 1 aromatic heterocycles. The highest BCUT2D eigenvalue weighted by Gasteiger charge is 2.20. The first-order valence-corrected chi connectivity index (χ1v) is 6.59. The standard InChI is InChI=1S/C13H21N3/c1-10-4-5-13-15-12(9-16(13)8-10)7-11-3-2-6-14-11/h9-11,14H,2-8H2,1H3. The lowest BCUT2D eigenvalue weighted by molar-refractivity contribution is 0.394. The van der Waals surface area contributed by atoms with Crippen molar-refractivity contribution in [2.45, 2.75) is 51.6 Å². The largest absolute Gasteiger partial charge is 0.334 e. The van der Waals surface area contributed by atoms with Gasteiger partial charge in [-0.25, -0.2) is 4.98 Å². The van der Waals surface area contributed by atoms with Crippen molar-refractivity contribution in [3.63, 3.8) is 0 Å². The summed E-state index contributed by atoms with van der Waals surface area (Å²) in [6, 6.07) is 0.675. The normalized spacial score (nSPS) is 29.3. The average Bonchev–Trinajstić information content (AvgIpc) is 2.86. The van der Waals surface area contributed by atoms with E-state index in [1.165, 1.54) is 50.3 Å². The van der Waals surface area contributed by atoms with Crippen molar-refractivity contribution in [3.05, 3.63) is 17.7 Å². The summed E-state index contributed by atoms with van der Waals surface area (Å²) in [6.45, 7) is 4.69. The van der Waals surface area contributed by atoms with Gasteiger partial charge >= 0.3 is 0 Å². The lowest BCUT2D eigenvalue weighted by Gasteiger charge is -2.19. The molecule has 0 amide bonds. The van der Waals surface area contributed by atoms with Crippen molar-refractivity contribution in [1.29, 1.82) is 0 Å². The number of nitrogens with one attached hydrogen (secondary N) is 1. The first-order valence-electron chi connectivity index (χ1n) is 6.59. The van der Waals surface area contributed by atoms with Gasteiger partial charge in [-0.2, -0.15) is 0 Å². The van der Waals surface area contributed by atoms with E-state index < -0.39 is 0 Å². The van der Waals surface area contributed by atoms with Gasteiger partial charge in [0.25, 0.3) is 0 Å². The van der Waals surface area contributed by atoms with Gasteiger partial charge in [0.2, 0.25) is 0 Å². The SMILES string of the molecule is CC1CCc2nc(CC3CCCN3)cn2C1. The van der Waals surface area contributed by atoms with Crippen LogP contribution in [0.2, 0.25) is 0 Å². The molecule has 0 spiro atoms. The van der Waals surface area contributed by atoms with Crippen LogP contribution in [0.5, 0.6) is 0 Å². The zero-order valence-electron chi connectivity index (χ0n) is 10.1. The molecule has 0 aromatic carbocycles. The molecule has 1 N–H and O–H groups in total. The Labute approximate surface area is 97.3 Å². The maximum absolute atomic E-state index is 4.77. The van der Waals surface area contributed by atoms with Crippen molar-refractivity contribution in [2.75, 3.05) is 6.54 Å². The molecule has 0 saturated carbocycles. The zero-order valence-corrected chi connectivity index (χ0v) is 10.1. The van der Waals surface area contributed by atoms with Gasteiger partial charge in [-0.3, -0.25) is 0 Å². The molecule has 1 fully saturated rings. The molecule has 16 heavy (non-hydrogen) atoms. The number of rotatable bonds is 2. The number of hydrogen-bond donors (Lipinski definition) is 1. The number of fused-ring (bicyclic) bond motifs is 1. The smallest absolute Gasteiger partial charge is 0.108 e. The van der Waals surface area contributed by atoms with Crippen molar-refractivity contribution < 1.29 is 0 Å². The van der Waals surface area contributed by atoms with E-state index >= 15 is 0 Å². The highest BCUT2D eigenvalue weighted by atomic mass is 15.1. The molecule has 0 bridgehead atoms. The van der Waals surface area contributed by atoms with Gasteiger partial charge < -0.3 is 9.88 Å². The van der Waals surface area contributed by atoms with Gasteiger partial charge in [-0.1, -0.05) is 6.92 Å². The quantitative estimate of drug-likeness (QED) is 0.821. The fourth-order valence-electron chi connectivity index (χ4n) is 2.96. The van der Waals surface area contributed by atoms with E-state index in [1.54, 1.807) is 0 Å². The van der Waals surface area contributed by atoms with Crippen LogP contribution in [0.1, 0.15) is 37.7 Å². The van der Waals surface area contributed by atoms with E-state index in [1.807, 2.05) is 0 Å². The number of aryl methyl sites for hydroxylation is 1. The van der Waals surface area contributed by atoms with Crippen molar-refractivity contribution in [1.82, 2.24) is 14.9 Å². The summed E-state index contributed by atoms with van der Waals surface area (Å²) in [5.74, 6) is 2.13. The van der Waals surface area contributed by atoms with Gasteiger partial charge in [-0.15, -0.1) is 0 Å². The molecular formula is C13H21N3. The molecule has 1 aromatic rings. The molecule has 2 aliphatic rings. The van der Waals surface area contributed by atoms with E-state index in [-0.39, 0.29) is 0 Å². The lowest BCUT2D eigenvalue weighted by atomic mass is 10.0. The highest BCUT2D eigenvalue weighted by Crippen LogP contribution is 2.20. The molecule has 3 heteroatoms. The number of hydrogen-bond acceptors (Lipinski definition) is 2. The summed E-state index contributed by atoms with van der Waals surface area (Å²) in [6.07, 6.45) is 8.52. The first-order chi connectivity index (χ1) is 7.81. The Morgan fingerprint density at radius 2 is 2.44 bits per heavy atom. The molecule has 3 heterocycles. The lowest BCUT2D eigenvalue weighted by Crippen LogP contribution is -2.23. The van der Waals surface area contributed by atoms with E-state index in [2.05, 4.69) is 23.0 Å². The van der Waals surface area contributed by atoms with Crippen LogP contribution < -0.4 is 5.32 Å². The monoisotopic (exact) mass is 219 g/mol. The maximum Gasteiger partial charge on any atom is 0.108 e. The summed E-state index contributed by atoms with van der Waals surface area (Å²) >= 11 is 0. The number of imidazole rings is 1. The van der Waals surface area contributed by atoms with Crippen LogP contribution in [0, 0.1) is 5.92 Å². The van der Waals surface area contributed by atoms with Crippen LogP contribution in [0.3, 0.4) is 0 Å². The molecule has 2 aliphatic heterocycles. The van der Waals surface area contributed by atoms with Crippen molar-refractivity contribution in [3.8, 4) is 0 Å². The van der Waals surface area contributed by atoms with E-state index in [9.17, 15) is 0 Å². The topological polar surface area (TPSA) is 29.9 Å². The predicted octanol–water partition coefficient (Wildman–Crippen LogP) is 1.76. The second-order valence-corrected chi connectivity index (χ2v) is 5.44. The van der Waals surface area contributed by atoms with Crippen LogP contribution >= 0.6 is 0 Å². The fraction of sp³-hybridized carbons (Fsp3) is 0.769. The average molecular weight is 219 g/mol. The minimum absolute atomic E-state index is 0.675. The summed E-state index contributed by atoms with van der Waals surface area (Å²) in [5.41, 5.74) is 1.29. The Balaban J connectivity index is 1.71. The van der Waals surface area contributed by atoms with Gasteiger partial charge in [0.05, 0.1) is 5.69 Å². The van der Waals surface area contributed by atoms with Gasteiger partial charge in [-0.05, 0) is 31.7 Å². The Hall–Kier alpha value is -0.830. The molecule has 2 unspecified atom stereocenters. The third kappa shape index (κ3) is 2.01. The molecule has 3 nitrogen and oxygen atoms in total. The van der Waals surface area contributed by atoms with Crippen LogP contribution in [-0.4, -0.2) is 22.1 Å². The van der Waals surface area contributed by atoms with Crippen molar-refractivity contribution >= 4 is 0 Å².